The molecule has 0 aliphatic rings. The fraction of sp³-hybridized carbons (Fsp3) is 0.158. The first-order valence-electron chi connectivity index (χ1n) is 8.38. The molecule has 2 heterocycles. The Balaban J connectivity index is 1.78. The highest BCUT2D eigenvalue weighted by Gasteiger charge is 2.17. The van der Waals surface area contributed by atoms with E-state index in [-0.39, 0.29) is 5.75 Å². The van der Waals surface area contributed by atoms with Gasteiger partial charge in [0.1, 0.15) is 0 Å². The summed E-state index contributed by atoms with van der Waals surface area (Å²) >= 11 is 1.49. The number of hydrogen-bond acceptors (Lipinski definition) is 8. The van der Waals surface area contributed by atoms with Crippen LogP contribution in [0.2, 0.25) is 0 Å². The Bertz CT molecular complexity index is 1020. The van der Waals surface area contributed by atoms with Crippen molar-refractivity contribution < 1.29 is 23.8 Å². The van der Waals surface area contributed by atoms with Crippen LogP contribution in [0.25, 0.3) is 10.6 Å². The Kier molecular flexibility index (Phi) is 6.25. The van der Waals surface area contributed by atoms with Crippen molar-refractivity contribution >= 4 is 29.4 Å². The summed E-state index contributed by atoms with van der Waals surface area (Å²) in [5.41, 5.74) is 4.04. The van der Waals surface area contributed by atoms with Crippen molar-refractivity contribution in [2.75, 3.05) is 14.2 Å². The lowest BCUT2D eigenvalue weighted by Gasteiger charge is -2.13. The van der Waals surface area contributed by atoms with Crippen molar-refractivity contribution in [3.8, 4) is 27.8 Å². The highest BCUT2D eigenvalue weighted by molar-refractivity contribution is 7.13. The Labute approximate surface area is 170 Å². The number of benzene rings is 1. The van der Waals surface area contributed by atoms with Crippen LogP contribution >= 0.6 is 11.3 Å². The largest absolute Gasteiger partial charge is 0.493 e. The van der Waals surface area contributed by atoms with Gasteiger partial charge in [0.2, 0.25) is 5.75 Å². The van der Waals surface area contributed by atoms with Gasteiger partial charge >= 0.3 is 5.97 Å². The molecule has 3 aromatic rings. The molecule has 0 radical (unpaired) electrons. The van der Waals surface area contributed by atoms with Crippen molar-refractivity contribution in [1.82, 2.24) is 15.6 Å². The summed E-state index contributed by atoms with van der Waals surface area (Å²) in [6, 6.07) is 6.99. The molecule has 0 fully saturated rings. The molecule has 0 aliphatic heterocycles. The van der Waals surface area contributed by atoms with Crippen LogP contribution in [-0.2, 0) is 4.79 Å². The van der Waals surface area contributed by atoms with Gasteiger partial charge in [0.05, 0.1) is 42.8 Å². The number of carbonyl (C=O) groups excluding carboxylic acids is 2. The summed E-state index contributed by atoms with van der Waals surface area (Å²) in [6.07, 6.45) is 2.87. The van der Waals surface area contributed by atoms with Crippen LogP contribution in [0, 0.1) is 0 Å². The molecule has 3 rings (SSSR count). The van der Waals surface area contributed by atoms with E-state index in [1.165, 1.54) is 44.9 Å². The highest BCUT2D eigenvalue weighted by Crippen LogP contribution is 2.38. The Morgan fingerprint density at radius 1 is 1.24 bits per heavy atom. The predicted octanol–water partition coefficient (Wildman–Crippen LogP) is 2.84. The van der Waals surface area contributed by atoms with Gasteiger partial charge < -0.3 is 14.2 Å². The van der Waals surface area contributed by atoms with Gasteiger partial charge in [-0.15, -0.1) is 11.3 Å². The van der Waals surface area contributed by atoms with Crippen LogP contribution in [0.4, 0.5) is 0 Å². The predicted molar refractivity (Wildman–Crippen MR) is 108 cm³/mol. The van der Waals surface area contributed by atoms with E-state index in [1.807, 2.05) is 17.5 Å². The number of aromatic amines is 1. The van der Waals surface area contributed by atoms with E-state index in [1.54, 1.807) is 12.1 Å². The van der Waals surface area contributed by atoms with Gasteiger partial charge in [-0.2, -0.15) is 10.2 Å². The maximum atomic E-state index is 12.4. The molecule has 150 valence electrons. The van der Waals surface area contributed by atoms with Crippen LogP contribution in [0.15, 0.2) is 40.9 Å². The van der Waals surface area contributed by atoms with Gasteiger partial charge in [0, 0.05) is 12.5 Å². The smallest absolute Gasteiger partial charge is 0.308 e. The van der Waals surface area contributed by atoms with E-state index in [2.05, 4.69) is 20.7 Å². The lowest BCUT2D eigenvalue weighted by Crippen LogP contribution is -2.17. The summed E-state index contributed by atoms with van der Waals surface area (Å²) in [6.45, 7) is 1.28. The number of methoxy groups -OCH3 is 2. The van der Waals surface area contributed by atoms with Crippen LogP contribution in [-0.4, -0.2) is 42.5 Å². The molecule has 0 atom stereocenters. The minimum Gasteiger partial charge on any atom is -0.493 e. The summed E-state index contributed by atoms with van der Waals surface area (Å²) in [5, 5.41) is 12.7. The summed E-state index contributed by atoms with van der Waals surface area (Å²) in [4.78, 5) is 24.6. The molecule has 0 saturated heterocycles. The first-order valence-corrected chi connectivity index (χ1v) is 9.26. The van der Waals surface area contributed by atoms with E-state index in [4.69, 9.17) is 14.2 Å². The first kappa shape index (κ1) is 20.1. The number of ether oxygens (including phenoxy) is 3. The van der Waals surface area contributed by atoms with Crippen molar-refractivity contribution in [2.24, 2.45) is 5.10 Å². The second-order valence-corrected chi connectivity index (χ2v) is 6.63. The fourth-order valence-corrected chi connectivity index (χ4v) is 3.25. The monoisotopic (exact) mass is 414 g/mol. The van der Waals surface area contributed by atoms with E-state index < -0.39 is 11.9 Å². The van der Waals surface area contributed by atoms with Crippen molar-refractivity contribution in [2.45, 2.75) is 6.92 Å². The molecule has 0 aliphatic carbocycles. The zero-order valence-electron chi connectivity index (χ0n) is 15.9. The Morgan fingerprint density at radius 3 is 2.55 bits per heavy atom. The third kappa shape index (κ3) is 4.61. The number of H-pyrrole nitrogens is 1. The molecule has 0 saturated carbocycles. The van der Waals surface area contributed by atoms with Gasteiger partial charge in [0.15, 0.2) is 11.5 Å². The summed E-state index contributed by atoms with van der Waals surface area (Å²) in [7, 11) is 2.88. The molecule has 10 heteroatoms. The maximum absolute atomic E-state index is 12.4. The van der Waals surface area contributed by atoms with Gasteiger partial charge in [-0.25, -0.2) is 5.43 Å². The molecular formula is C19H18N4O5S. The standard InChI is InChI=1S/C19H18N4O5S/c1-11(24)28-18-14(26-2)7-12(8-15(18)27-3)9-20-23-19(25)13-10-21-22-17(13)16-5-4-6-29-16/h4-10H,1-3H3,(H,21,22)(H,23,25)/b20-9+. The van der Waals surface area contributed by atoms with Gasteiger partial charge in [0.25, 0.3) is 5.91 Å². The molecule has 29 heavy (non-hydrogen) atoms. The van der Waals surface area contributed by atoms with Gasteiger partial charge in [-0.05, 0) is 23.6 Å². The van der Waals surface area contributed by atoms with E-state index in [0.717, 1.165) is 4.88 Å². The molecule has 2 N–H and O–H groups in total. The number of rotatable bonds is 7. The highest BCUT2D eigenvalue weighted by atomic mass is 32.1. The average molecular weight is 414 g/mol. The number of hydrazone groups is 1. The van der Waals surface area contributed by atoms with Crippen LogP contribution in [0.1, 0.15) is 22.8 Å². The van der Waals surface area contributed by atoms with Crippen LogP contribution < -0.4 is 19.6 Å². The van der Waals surface area contributed by atoms with Crippen molar-refractivity contribution in [3.63, 3.8) is 0 Å². The van der Waals surface area contributed by atoms with Gasteiger partial charge in [-0.1, -0.05) is 6.07 Å². The van der Waals surface area contributed by atoms with E-state index in [0.29, 0.717) is 28.3 Å². The second-order valence-electron chi connectivity index (χ2n) is 5.68. The summed E-state index contributed by atoms with van der Waals surface area (Å²) < 4.78 is 15.7. The number of nitrogens with one attached hydrogen (secondary N) is 2. The number of nitrogens with zero attached hydrogens (tertiary/aromatic N) is 2. The molecule has 0 spiro atoms. The SMILES string of the molecule is COc1cc(/C=N/NC(=O)c2cn[nH]c2-c2cccs2)cc(OC)c1OC(C)=O. The third-order valence-electron chi connectivity index (χ3n) is 3.76. The van der Waals surface area contributed by atoms with Crippen molar-refractivity contribution in [3.05, 3.63) is 47.0 Å². The number of amides is 1. The Hall–Kier alpha value is -3.66. The number of aromatic nitrogens is 2. The lowest BCUT2D eigenvalue weighted by molar-refractivity contribution is -0.132. The zero-order chi connectivity index (χ0) is 20.8. The minimum absolute atomic E-state index is 0.169. The maximum Gasteiger partial charge on any atom is 0.308 e. The minimum atomic E-state index is -0.503. The number of hydrogen-bond donors (Lipinski definition) is 2. The molecule has 0 unspecified atom stereocenters. The van der Waals surface area contributed by atoms with Crippen molar-refractivity contribution in [1.29, 1.82) is 0 Å². The molecule has 0 bridgehead atoms. The normalized spacial score (nSPS) is 10.7. The molecule has 2 aromatic heterocycles. The number of thiophene rings is 1. The van der Waals surface area contributed by atoms with Gasteiger partial charge in [-0.3, -0.25) is 14.7 Å². The zero-order valence-corrected chi connectivity index (χ0v) is 16.7. The van der Waals surface area contributed by atoms with Crippen LogP contribution in [0.5, 0.6) is 17.2 Å². The molecular weight excluding hydrogens is 396 g/mol. The topological polar surface area (TPSA) is 115 Å². The van der Waals surface area contributed by atoms with E-state index in [9.17, 15) is 9.59 Å². The quantitative estimate of drug-likeness (QED) is 0.266. The van der Waals surface area contributed by atoms with Crippen LogP contribution in [0.3, 0.4) is 0 Å². The molecule has 1 aromatic carbocycles. The molecule has 1 amide bonds. The third-order valence-corrected chi connectivity index (χ3v) is 4.65. The lowest BCUT2D eigenvalue weighted by atomic mass is 10.2. The first-order chi connectivity index (χ1) is 14.0. The number of carbonyl (C=O) groups is 2. The second kappa shape index (κ2) is 9.02. The molecule has 9 nitrogen and oxygen atoms in total. The number of esters is 1. The summed E-state index contributed by atoms with van der Waals surface area (Å²) in [5.74, 6) is -0.155. The Morgan fingerprint density at radius 2 is 1.97 bits per heavy atom. The fourth-order valence-electron chi connectivity index (χ4n) is 2.51. The van der Waals surface area contributed by atoms with E-state index >= 15 is 0 Å². The average Bonchev–Trinajstić information content (AvgIpc) is 3.39.